The largest absolute Gasteiger partial charge is 0.593 e. The molecule has 0 unspecified atom stereocenters. The molecule has 0 aromatic heterocycles. The van der Waals surface area contributed by atoms with E-state index in [1.807, 2.05) is 30.3 Å². The van der Waals surface area contributed by atoms with Crippen LogP contribution in [0.2, 0.25) is 0 Å². The van der Waals surface area contributed by atoms with Gasteiger partial charge in [-0.15, -0.1) is 0 Å². The fraction of sp³-hybridized carbons (Fsp3) is 0. The second-order valence-corrected chi connectivity index (χ2v) is 3.62. The smallest absolute Gasteiger partial charge is 0.284 e. The molecule has 0 spiro atoms. The fourth-order valence-corrected chi connectivity index (χ4v) is 1.42. The summed E-state index contributed by atoms with van der Waals surface area (Å²) < 4.78 is 0. The van der Waals surface area contributed by atoms with Gasteiger partial charge in [0, 0.05) is 31.8 Å². The van der Waals surface area contributed by atoms with E-state index in [0.29, 0.717) is 5.56 Å². The van der Waals surface area contributed by atoms with E-state index in [2.05, 4.69) is 10.5 Å². The van der Waals surface area contributed by atoms with Crippen LogP contribution in [-0.4, -0.2) is 27.5 Å². The van der Waals surface area contributed by atoms with Crippen molar-refractivity contribution in [3.05, 3.63) is 71.1 Å². The van der Waals surface area contributed by atoms with Crippen LogP contribution in [0.25, 0.3) is 5.43 Å². The number of rotatable bonds is 3. The Balaban J connectivity index is 0.00000180. The molecule has 100 valence electrons. The number of carbonyl (C=O) groups excluding carboxylic acids is 1. The number of nitrogens with zero attached hydrogens (tertiary/aromatic N) is 2. The predicted molar refractivity (Wildman–Crippen MR) is 76.6 cm³/mol. The SMILES string of the molecule is O.[OH+]=C([N-]/N=C\c1ccccc1)c1ccccc1[OH2+].[Zn]. The van der Waals surface area contributed by atoms with Crippen molar-refractivity contribution >= 4 is 12.1 Å². The molecule has 5 N–H and O–H groups in total. The molecule has 2 aromatic carbocycles. The van der Waals surface area contributed by atoms with Gasteiger partial charge in [-0.05, 0) is 11.6 Å². The third-order valence-corrected chi connectivity index (χ3v) is 2.33. The molecule has 0 aliphatic heterocycles. The summed E-state index contributed by atoms with van der Waals surface area (Å²) in [4.78, 5) is 9.70. The molecular weight excluding hydrogens is 310 g/mol. The van der Waals surface area contributed by atoms with Gasteiger partial charge in [-0.2, -0.15) is 0 Å². The Hall–Kier alpha value is -2.04. The maximum atomic E-state index is 9.70. The normalized spacial score (nSPS) is 9.40. The standard InChI is InChI=1S/C14H12N2O2.H2O.Zn/c17-13-9-5-4-8-12(13)14(18)16-15-10-11-6-2-1-3-7-11;;/h1-10H,(H2,16,17,18);1H2;/p+1/b15-10-;;. The Morgan fingerprint density at radius 1 is 1.05 bits per heavy atom. The summed E-state index contributed by atoms with van der Waals surface area (Å²) in [6.07, 6.45) is 1.54. The summed E-state index contributed by atoms with van der Waals surface area (Å²) in [6.45, 7) is 0. The third-order valence-electron chi connectivity index (χ3n) is 2.33. The fourth-order valence-electron chi connectivity index (χ4n) is 1.42. The molecule has 2 rings (SSSR count). The Kier molecular flexibility index (Phi) is 8.05. The molecule has 0 fully saturated rings. The van der Waals surface area contributed by atoms with Gasteiger partial charge in [0.25, 0.3) is 11.7 Å². The van der Waals surface area contributed by atoms with Crippen molar-refractivity contribution in [2.75, 3.05) is 0 Å². The van der Waals surface area contributed by atoms with E-state index in [1.54, 1.807) is 30.5 Å². The Morgan fingerprint density at radius 3 is 2.30 bits per heavy atom. The van der Waals surface area contributed by atoms with Crippen molar-refractivity contribution in [1.29, 1.82) is 0 Å². The van der Waals surface area contributed by atoms with Crippen molar-refractivity contribution in [2.24, 2.45) is 5.10 Å². The van der Waals surface area contributed by atoms with E-state index in [-0.39, 0.29) is 36.6 Å². The maximum Gasteiger partial charge on any atom is 0.284 e. The molecular formula is C14H15N2O3Zn+. The third kappa shape index (κ3) is 4.92. The number of para-hydroxylation sites is 1. The molecule has 2 aromatic rings. The molecule has 0 aliphatic carbocycles. The molecule has 0 aliphatic rings. The van der Waals surface area contributed by atoms with Gasteiger partial charge in [0.2, 0.25) is 0 Å². The molecule has 1 amide bonds. The number of hydrogen-bond acceptors (Lipinski definition) is 1. The minimum absolute atomic E-state index is 0. The van der Waals surface area contributed by atoms with Crippen LogP contribution in [0.1, 0.15) is 11.1 Å². The van der Waals surface area contributed by atoms with Gasteiger partial charge in [-0.1, -0.05) is 42.5 Å². The van der Waals surface area contributed by atoms with Crippen molar-refractivity contribution in [2.45, 2.75) is 0 Å². The molecule has 0 saturated heterocycles. The van der Waals surface area contributed by atoms with Crippen molar-refractivity contribution < 1.29 is 34.9 Å². The van der Waals surface area contributed by atoms with Gasteiger partial charge in [0.1, 0.15) is 0 Å². The summed E-state index contributed by atoms with van der Waals surface area (Å²) in [5.41, 5.74) is 4.93. The second-order valence-electron chi connectivity index (χ2n) is 3.62. The van der Waals surface area contributed by atoms with Crippen LogP contribution in [-0.2, 0) is 19.5 Å². The van der Waals surface area contributed by atoms with Crippen molar-refractivity contribution in [3.8, 4) is 5.75 Å². The van der Waals surface area contributed by atoms with Gasteiger partial charge in [0.15, 0.2) is 5.56 Å². The van der Waals surface area contributed by atoms with E-state index in [4.69, 9.17) is 5.11 Å². The van der Waals surface area contributed by atoms with Gasteiger partial charge in [-0.25, -0.2) is 0 Å². The van der Waals surface area contributed by atoms with Gasteiger partial charge >= 0.3 is 0 Å². The minimum Gasteiger partial charge on any atom is -0.593 e. The molecule has 0 saturated carbocycles. The summed E-state index contributed by atoms with van der Waals surface area (Å²) in [5.74, 6) is -0.0403. The topological polar surface area (TPSA) is 102 Å². The van der Waals surface area contributed by atoms with Crippen LogP contribution in [0.5, 0.6) is 5.75 Å². The van der Waals surface area contributed by atoms with Crippen LogP contribution in [0.3, 0.4) is 0 Å². The average molecular weight is 325 g/mol. The molecule has 0 heterocycles. The Bertz CT molecular complexity index is 574. The van der Waals surface area contributed by atoms with Gasteiger partial charge < -0.3 is 21.1 Å². The first-order valence-corrected chi connectivity index (χ1v) is 5.43. The zero-order chi connectivity index (χ0) is 12.8. The van der Waals surface area contributed by atoms with Crippen molar-refractivity contribution in [1.82, 2.24) is 0 Å². The molecule has 5 nitrogen and oxygen atoms in total. The van der Waals surface area contributed by atoms with E-state index >= 15 is 0 Å². The average Bonchev–Trinajstić information content (AvgIpc) is 2.40. The van der Waals surface area contributed by atoms with E-state index in [0.717, 1.165) is 5.56 Å². The van der Waals surface area contributed by atoms with E-state index in [1.165, 1.54) is 0 Å². The van der Waals surface area contributed by atoms with Crippen molar-refractivity contribution in [3.63, 3.8) is 0 Å². The van der Waals surface area contributed by atoms with E-state index < -0.39 is 0 Å². The van der Waals surface area contributed by atoms with Crippen LogP contribution in [0, 0.1) is 0 Å². The predicted octanol–water partition coefficient (Wildman–Crippen LogP) is 1.56. The van der Waals surface area contributed by atoms with Gasteiger partial charge in [-0.3, -0.25) is 4.79 Å². The summed E-state index contributed by atoms with van der Waals surface area (Å²) in [5, 5.41) is 11.4. The molecule has 20 heavy (non-hydrogen) atoms. The molecule has 0 radical (unpaired) electrons. The van der Waals surface area contributed by atoms with Crippen LogP contribution in [0.15, 0.2) is 59.7 Å². The number of hydrogen-bond donors (Lipinski definition) is 0. The zero-order valence-electron chi connectivity index (χ0n) is 10.8. The quantitative estimate of drug-likeness (QED) is 0.354. The number of benzene rings is 2. The first-order chi connectivity index (χ1) is 8.77. The summed E-state index contributed by atoms with van der Waals surface area (Å²) in [7, 11) is 0. The summed E-state index contributed by atoms with van der Waals surface area (Å²) >= 11 is 0. The first-order valence-electron chi connectivity index (χ1n) is 5.43. The zero-order valence-corrected chi connectivity index (χ0v) is 13.8. The Labute approximate surface area is 129 Å². The van der Waals surface area contributed by atoms with Crippen LogP contribution < -0.4 is 0 Å². The first kappa shape index (κ1) is 18.0. The maximum absolute atomic E-state index is 9.70. The van der Waals surface area contributed by atoms with E-state index in [9.17, 15) is 4.79 Å². The Morgan fingerprint density at radius 2 is 1.65 bits per heavy atom. The number of amides is 1. The minimum atomic E-state index is -0.257. The van der Waals surface area contributed by atoms with Gasteiger partial charge in [0.05, 0.1) is 0 Å². The molecule has 0 atom stereocenters. The monoisotopic (exact) mass is 323 g/mol. The van der Waals surface area contributed by atoms with Crippen LogP contribution in [0.4, 0.5) is 0 Å². The molecule has 0 bridgehead atoms. The van der Waals surface area contributed by atoms with Crippen LogP contribution >= 0.6 is 0 Å². The summed E-state index contributed by atoms with van der Waals surface area (Å²) in [6, 6.07) is 16.1. The second kappa shape index (κ2) is 8.96. The molecule has 6 heteroatoms.